The molecule has 90 valence electrons. The van der Waals surface area contributed by atoms with E-state index < -0.39 is 0 Å². The van der Waals surface area contributed by atoms with Crippen molar-refractivity contribution in [2.75, 3.05) is 46.3 Å². The first kappa shape index (κ1) is 12.0. The third-order valence-corrected chi connectivity index (χ3v) is 3.56. The Hall–Kier alpha value is -0.490. The molecule has 0 aliphatic carbocycles. The minimum Gasteiger partial charge on any atom is -0.314 e. The second-order valence-corrected chi connectivity index (χ2v) is 5.03. The average Bonchev–Trinajstić information content (AvgIpc) is 2.81. The molecule has 0 amide bonds. The van der Waals surface area contributed by atoms with E-state index in [-0.39, 0.29) is 0 Å². The van der Waals surface area contributed by atoms with Crippen LogP contribution in [0.4, 0.5) is 0 Å². The van der Waals surface area contributed by atoms with Crippen molar-refractivity contribution in [3.8, 4) is 0 Å². The van der Waals surface area contributed by atoms with Gasteiger partial charge in [0.1, 0.15) is 0 Å². The van der Waals surface area contributed by atoms with Gasteiger partial charge in [-0.05, 0) is 7.05 Å². The van der Waals surface area contributed by atoms with E-state index in [4.69, 9.17) is 0 Å². The van der Waals surface area contributed by atoms with E-state index in [0.29, 0.717) is 0 Å². The normalized spacial score (nSPS) is 18.1. The maximum atomic E-state index is 4.30. The summed E-state index contributed by atoms with van der Waals surface area (Å²) in [4.78, 5) is 9.17. The van der Waals surface area contributed by atoms with Crippen molar-refractivity contribution in [1.29, 1.82) is 0 Å². The maximum Gasteiger partial charge on any atom is 0.0795 e. The van der Waals surface area contributed by atoms with Crippen molar-refractivity contribution in [3.05, 3.63) is 16.6 Å². The zero-order valence-corrected chi connectivity index (χ0v) is 10.7. The quantitative estimate of drug-likeness (QED) is 0.811. The molecule has 1 aromatic heterocycles. The zero-order valence-electron chi connectivity index (χ0n) is 9.85. The first-order chi connectivity index (χ1) is 7.84. The molecule has 2 rings (SSSR count). The standard InChI is InChI=1S/C11H20N4S/c1-14(8-11-9-16-10-13-11)6-7-15-4-2-12-3-5-15/h9-10,12H,2-8H2,1H3. The van der Waals surface area contributed by atoms with E-state index in [2.05, 4.69) is 32.5 Å². The molecule has 1 aliphatic heterocycles. The van der Waals surface area contributed by atoms with Gasteiger partial charge < -0.3 is 5.32 Å². The van der Waals surface area contributed by atoms with E-state index in [1.165, 1.54) is 25.3 Å². The van der Waals surface area contributed by atoms with E-state index in [0.717, 1.165) is 26.2 Å². The molecule has 1 aromatic rings. The maximum absolute atomic E-state index is 4.30. The fraction of sp³-hybridized carbons (Fsp3) is 0.727. The van der Waals surface area contributed by atoms with Crippen molar-refractivity contribution in [3.63, 3.8) is 0 Å². The second kappa shape index (κ2) is 6.30. The molecule has 5 heteroatoms. The van der Waals surface area contributed by atoms with Crippen LogP contribution >= 0.6 is 11.3 Å². The van der Waals surface area contributed by atoms with Gasteiger partial charge in [-0.2, -0.15) is 0 Å². The summed E-state index contributed by atoms with van der Waals surface area (Å²) in [6, 6.07) is 0. The Balaban J connectivity index is 1.65. The molecule has 0 radical (unpaired) electrons. The van der Waals surface area contributed by atoms with Gasteiger partial charge in [0, 0.05) is 51.2 Å². The Morgan fingerprint density at radius 1 is 1.50 bits per heavy atom. The smallest absolute Gasteiger partial charge is 0.0795 e. The van der Waals surface area contributed by atoms with Gasteiger partial charge in [-0.3, -0.25) is 9.80 Å². The van der Waals surface area contributed by atoms with Gasteiger partial charge in [0.15, 0.2) is 0 Å². The molecular formula is C11H20N4S. The minimum atomic E-state index is 0.968. The lowest BCUT2D eigenvalue weighted by molar-refractivity contribution is 0.201. The molecule has 1 fully saturated rings. The molecular weight excluding hydrogens is 220 g/mol. The van der Waals surface area contributed by atoms with Crippen LogP contribution in [0.5, 0.6) is 0 Å². The third-order valence-electron chi connectivity index (χ3n) is 2.92. The van der Waals surface area contributed by atoms with Gasteiger partial charge in [0.2, 0.25) is 0 Å². The number of thiazole rings is 1. The van der Waals surface area contributed by atoms with E-state index >= 15 is 0 Å². The highest BCUT2D eigenvalue weighted by Gasteiger charge is 2.10. The topological polar surface area (TPSA) is 31.4 Å². The summed E-state index contributed by atoms with van der Waals surface area (Å²) in [6.07, 6.45) is 0. The Kier molecular flexibility index (Phi) is 4.71. The number of aromatic nitrogens is 1. The molecule has 1 N–H and O–H groups in total. The third kappa shape index (κ3) is 3.83. The van der Waals surface area contributed by atoms with Gasteiger partial charge >= 0.3 is 0 Å². The number of nitrogens with one attached hydrogen (secondary N) is 1. The lowest BCUT2D eigenvalue weighted by atomic mass is 10.3. The van der Waals surface area contributed by atoms with Crippen LogP contribution < -0.4 is 5.32 Å². The highest BCUT2D eigenvalue weighted by atomic mass is 32.1. The van der Waals surface area contributed by atoms with E-state index in [1.807, 2.05) is 5.51 Å². The van der Waals surface area contributed by atoms with Crippen LogP contribution in [-0.4, -0.2) is 61.1 Å². The number of hydrogen-bond acceptors (Lipinski definition) is 5. The summed E-state index contributed by atoms with van der Waals surface area (Å²) < 4.78 is 0. The van der Waals surface area contributed by atoms with Crippen LogP contribution in [0.2, 0.25) is 0 Å². The van der Waals surface area contributed by atoms with Gasteiger partial charge in [-0.25, -0.2) is 4.98 Å². The second-order valence-electron chi connectivity index (χ2n) is 4.31. The molecule has 0 atom stereocenters. The summed E-state index contributed by atoms with van der Waals surface area (Å²) in [5.41, 5.74) is 3.09. The Morgan fingerprint density at radius 3 is 3.00 bits per heavy atom. The summed E-state index contributed by atoms with van der Waals surface area (Å²) in [7, 11) is 2.17. The number of hydrogen-bond donors (Lipinski definition) is 1. The van der Waals surface area contributed by atoms with Crippen molar-refractivity contribution < 1.29 is 0 Å². The molecule has 1 aliphatic rings. The van der Waals surface area contributed by atoms with Crippen LogP contribution in [0.1, 0.15) is 5.69 Å². The molecule has 0 bridgehead atoms. The largest absolute Gasteiger partial charge is 0.314 e. The molecule has 4 nitrogen and oxygen atoms in total. The lowest BCUT2D eigenvalue weighted by Crippen LogP contribution is -2.45. The molecule has 0 unspecified atom stereocenters. The molecule has 0 aromatic carbocycles. The average molecular weight is 240 g/mol. The molecule has 2 heterocycles. The number of piperazine rings is 1. The molecule has 0 spiro atoms. The van der Waals surface area contributed by atoms with Crippen molar-refractivity contribution >= 4 is 11.3 Å². The number of likely N-dealkylation sites (N-methyl/N-ethyl adjacent to an activating group) is 1. The van der Waals surface area contributed by atoms with E-state index in [9.17, 15) is 0 Å². The van der Waals surface area contributed by atoms with Gasteiger partial charge in [0.25, 0.3) is 0 Å². The van der Waals surface area contributed by atoms with Gasteiger partial charge in [0.05, 0.1) is 11.2 Å². The molecule has 0 saturated carbocycles. The molecule has 16 heavy (non-hydrogen) atoms. The fourth-order valence-electron chi connectivity index (χ4n) is 1.92. The predicted molar refractivity (Wildman–Crippen MR) is 67.8 cm³/mol. The van der Waals surface area contributed by atoms with Crippen LogP contribution in [-0.2, 0) is 6.54 Å². The monoisotopic (exact) mass is 240 g/mol. The Morgan fingerprint density at radius 2 is 2.31 bits per heavy atom. The van der Waals surface area contributed by atoms with E-state index in [1.54, 1.807) is 11.3 Å². The van der Waals surface area contributed by atoms with Crippen LogP contribution in [0.25, 0.3) is 0 Å². The summed E-state index contributed by atoms with van der Waals surface area (Å²) >= 11 is 1.67. The Bertz CT molecular complexity index is 282. The Labute approximate surface area is 101 Å². The number of rotatable bonds is 5. The summed E-state index contributed by atoms with van der Waals surface area (Å²) in [6.45, 7) is 7.90. The molecule has 1 saturated heterocycles. The number of nitrogens with zero attached hydrogens (tertiary/aromatic N) is 3. The summed E-state index contributed by atoms with van der Waals surface area (Å²) in [5, 5.41) is 5.50. The highest BCUT2D eigenvalue weighted by Crippen LogP contribution is 2.04. The van der Waals surface area contributed by atoms with Gasteiger partial charge in [-0.15, -0.1) is 11.3 Å². The van der Waals surface area contributed by atoms with Crippen LogP contribution in [0.3, 0.4) is 0 Å². The van der Waals surface area contributed by atoms with Crippen LogP contribution in [0, 0.1) is 0 Å². The van der Waals surface area contributed by atoms with Gasteiger partial charge in [-0.1, -0.05) is 0 Å². The van der Waals surface area contributed by atoms with Crippen molar-refractivity contribution in [2.24, 2.45) is 0 Å². The minimum absolute atomic E-state index is 0.968. The van der Waals surface area contributed by atoms with Crippen molar-refractivity contribution in [2.45, 2.75) is 6.54 Å². The predicted octanol–water partition coefficient (Wildman–Crippen LogP) is 0.480. The van der Waals surface area contributed by atoms with Crippen molar-refractivity contribution in [1.82, 2.24) is 20.1 Å². The van der Waals surface area contributed by atoms with Crippen LogP contribution in [0.15, 0.2) is 10.9 Å². The first-order valence-corrected chi connectivity index (χ1v) is 6.77. The SMILES string of the molecule is CN(CCN1CCNCC1)Cc1cscn1. The first-order valence-electron chi connectivity index (χ1n) is 5.83. The summed E-state index contributed by atoms with van der Waals surface area (Å²) in [5.74, 6) is 0. The fourth-order valence-corrected chi connectivity index (χ4v) is 2.47. The lowest BCUT2D eigenvalue weighted by Gasteiger charge is -2.28. The highest BCUT2D eigenvalue weighted by molar-refractivity contribution is 7.07. The zero-order chi connectivity index (χ0) is 11.2.